The fourth-order valence-electron chi connectivity index (χ4n) is 8.23. The number of fused-ring (bicyclic) bond motifs is 1. The molecule has 0 aliphatic heterocycles. The molecule has 0 radical (unpaired) electrons. The third kappa shape index (κ3) is 12.5. The van der Waals surface area contributed by atoms with Crippen LogP contribution < -0.4 is 19.5 Å². The topological polar surface area (TPSA) is 184 Å². The summed E-state index contributed by atoms with van der Waals surface area (Å²) < 4.78 is 72.5. The average Bonchev–Trinajstić information content (AvgIpc) is 3.82. The Labute approximate surface area is 401 Å². The van der Waals surface area contributed by atoms with Crippen LogP contribution in [-0.4, -0.2) is 86.2 Å². The Kier molecular flexibility index (Phi) is 16.2. The van der Waals surface area contributed by atoms with E-state index in [0.29, 0.717) is 74.5 Å². The summed E-state index contributed by atoms with van der Waals surface area (Å²) in [7, 11) is 0. The van der Waals surface area contributed by atoms with Crippen molar-refractivity contribution in [1.29, 1.82) is 0 Å². The molecule has 2 aliphatic rings. The van der Waals surface area contributed by atoms with Gasteiger partial charge in [0.1, 0.15) is 29.5 Å². The number of esters is 3. The van der Waals surface area contributed by atoms with Crippen LogP contribution in [-0.2, 0) is 53.2 Å². The maximum Gasteiger partial charge on any atom is 0.308 e. The van der Waals surface area contributed by atoms with Crippen molar-refractivity contribution in [1.82, 2.24) is 25.0 Å². The van der Waals surface area contributed by atoms with Gasteiger partial charge in [0.05, 0.1) is 45.2 Å². The van der Waals surface area contributed by atoms with Crippen LogP contribution >= 0.6 is 11.8 Å². The highest BCUT2D eigenvalue weighted by atomic mass is 32.2. The quantitative estimate of drug-likeness (QED) is 0.0224. The maximum absolute atomic E-state index is 14.2. The highest BCUT2D eigenvalue weighted by Crippen LogP contribution is 2.45. The monoisotopic (exact) mass is 966 g/mol. The molecule has 2 aromatic heterocycles. The molecule has 6 atom stereocenters. The second kappa shape index (κ2) is 22.8. The Bertz CT molecular complexity index is 2780. The molecule has 0 unspecified atom stereocenters. The second-order valence-electron chi connectivity index (χ2n) is 16.6. The fourth-order valence-corrected chi connectivity index (χ4v) is 8.92. The Morgan fingerprint density at radius 2 is 1.30 bits per heavy atom. The normalized spacial score (nSPS) is 19.6. The zero-order chi connectivity index (χ0) is 48.4. The van der Waals surface area contributed by atoms with E-state index in [1.165, 1.54) is 38.6 Å². The number of benzene rings is 4. The van der Waals surface area contributed by atoms with Gasteiger partial charge in [0.2, 0.25) is 0 Å². The molecule has 0 amide bonds. The van der Waals surface area contributed by atoms with E-state index in [4.69, 9.17) is 48.3 Å². The van der Waals surface area contributed by atoms with Gasteiger partial charge in [-0.2, -0.15) is 0 Å². The molecular weight excluding hydrogens is 915 g/mol. The number of nitrogens with zero attached hydrogens (tertiary/aromatic N) is 5. The molecule has 0 bridgehead atoms. The number of carbonyl (C=O) groups excluding carboxylic acids is 3. The van der Waals surface area contributed by atoms with Crippen LogP contribution in [0.3, 0.4) is 0 Å². The Morgan fingerprint density at radius 3 is 1.90 bits per heavy atom. The van der Waals surface area contributed by atoms with E-state index in [1.54, 1.807) is 59.3 Å². The molecule has 69 heavy (non-hydrogen) atoms. The molecule has 2 heterocycles. The molecule has 19 heteroatoms. The summed E-state index contributed by atoms with van der Waals surface area (Å²) in [5.41, 5.74) is 3.39. The smallest absolute Gasteiger partial charge is 0.308 e. The van der Waals surface area contributed by atoms with Crippen molar-refractivity contribution in [3.63, 3.8) is 0 Å². The fraction of sp³-hybridized carbons (Fsp3) is 0.380. The second-order valence-corrected chi connectivity index (χ2v) is 17.7. The number of halogens is 2. The van der Waals surface area contributed by atoms with Crippen LogP contribution in [0.4, 0.5) is 14.6 Å². The number of ether oxygens (including phenoxy) is 7. The molecule has 0 saturated heterocycles. The molecular formula is C50H52F2N6O10S. The molecule has 1 N–H and O–H groups in total. The molecule has 2 saturated carbocycles. The standard InChI is InChI=1S/C50H52F2N6O10S/c1-5-22-69-50-54-48(53-39-24-36(39)32-18-19-37(51)38(52)23-32)45-49(55-50)58(57-56-45)40-25-44(63-21-20-62-26-33-12-6-9-15-41(33)66-29(2)59)47(65-28-35-14-8-11-17-43(35)68-31(4)61)46(40)64-27-34-13-7-10-16-42(34)67-30(3)60/h6-19,23,36,39-40,44,46-47H,5,20-22,24-28H2,1-4H3,(H,53,54,55)/t36-,39+,40-,44+,46-,47-/m0/s1. The summed E-state index contributed by atoms with van der Waals surface area (Å²) in [6, 6.07) is 24.4. The third-order valence-electron chi connectivity index (χ3n) is 11.4. The van der Waals surface area contributed by atoms with Gasteiger partial charge in [-0.3, -0.25) is 14.4 Å². The summed E-state index contributed by atoms with van der Waals surface area (Å²) in [6.45, 7) is 6.49. The predicted molar refractivity (Wildman–Crippen MR) is 249 cm³/mol. The third-order valence-corrected chi connectivity index (χ3v) is 12.5. The van der Waals surface area contributed by atoms with Crippen LogP contribution in [0.5, 0.6) is 17.2 Å². The molecule has 4 aromatic carbocycles. The lowest BCUT2D eigenvalue weighted by Gasteiger charge is -2.28. The van der Waals surface area contributed by atoms with E-state index in [2.05, 4.69) is 17.3 Å². The number of rotatable bonds is 22. The van der Waals surface area contributed by atoms with Crippen LogP contribution in [0.1, 0.15) is 81.2 Å². The van der Waals surface area contributed by atoms with E-state index in [9.17, 15) is 23.2 Å². The highest BCUT2D eigenvalue weighted by molar-refractivity contribution is 7.99. The van der Waals surface area contributed by atoms with Crippen molar-refractivity contribution in [3.05, 3.63) is 125 Å². The summed E-state index contributed by atoms with van der Waals surface area (Å²) >= 11 is 1.48. The lowest BCUT2D eigenvalue weighted by molar-refractivity contribution is -0.134. The number of anilines is 1. The van der Waals surface area contributed by atoms with Crippen LogP contribution in [0.25, 0.3) is 11.2 Å². The van der Waals surface area contributed by atoms with Crippen molar-refractivity contribution in [2.45, 2.75) is 108 Å². The first-order chi connectivity index (χ1) is 33.4. The van der Waals surface area contributed by atoms with Gasteiger partial charge < -0.3 is 38.5 Å². The number of nitrogens with one attached hydrogen (secondary N) is 1. The van der Waals surface area contributed by atoms with Crippen molar-refractivity contribution in [2.24, 2.45) is 0 Å². The van der Waals surface area contributed by atoms with Gasteiger partial charge in [0, 0.05) is 61.6 Å². The minimum absolute atomic E-state index is 0.000681. The van der Waals surface area contributed by atoms with Crippen molar-refractivity contribution in [3.8, 4) is 17.2 Å². The van der Waals surface area contributed by atoms with Crippen molar-refractivity contribution >= 4 is 46.7 Å². The average molecular weight is 967 g/mol. The lowest BCUT2D eigenvalue weighted by Crippen LogP contribution is -2.38. The van der Waals surface area contributed by atoms with Gasteiger partial charge in [-0.25, -0.2) is 23.4 Å². The number of aromatic nitrogens is 5. The largest absolute Gasteiger partial charge is 0.426 e. The van der Waals surface area contributed by atoms with E-state index >= 15 is 0 Å². The summed E-state index contributed by atoms with van der Waals surface area (Å²) in [5, 5.41) is 13.3. The minimum atomic E-state index is -0.905. The number of hydrogen-bond acceptors (Lipinski definition) is 16. The first-order valence-electron chi connectivity index (χ1n) is 22.6. The summed E-state index contributed by atoms with van der Waals surface area (Å²) in [4.78, 5) is 45.8. The lowest BCUT2D eigenvalue weighted by atomic mass is 10.1. The zero-order valence-electron chi connectivity index (χ0n) is 38.5. The first kappa shape index (κ1) is 49.1. The van der Waals surface area contributed by atoms with Crippen LogP contribution in [0.15, 0.2) is 96.2 Å². The maximum atomic E-state index is 14.2. The predicted octanol–water partition coefficient (Wildman–Crippen LogP) is 8.46. The van der Waals surface area contributed by atoms with Crippen LogP contribution in [0, 0.1) is 11.6 Å². The van der Waals surface area contributed by atoms with E-state index in [-0.39, 0.29) is 45.0 Å². The molecule has 6 aromatic rings. The number of para-hydroxylation sites is 3. The van der Waals surface area contributed by atoms with Gasteiger partial charge in [0.15, 0.2) is 33.8 Å². The SMILES string of the molecule is CCCSc1nc(N[C@@H]2C[C@H]2c2ccc(F)c(F)c2)c2nnn([C@H]3C[C@@H](OCCOCc4ccccc4OC(C)=O)[C@H](OCc4ccccc4OC(C)=O)[C@H]3OCc3ccccc3OC(C)=O)c2n1. The summed E-state index contributed by atoms with van der Waals surface area (Å²) in [5.74, 6) is -1.05. The first-order valence-corrected chi connectivity index (χ1v) is 23.6. The van der Waals surface area contributed by atoms with Gasteiger partial charge >= 0.3 is 17.9 Å². The zero-order valence-corrected chi connectivity index (χ0v) is 39.3. The van der Waals surface area contributed by atoms with E-state index in [1.807, 2.05) is 24.3 Å². The molecule has 2 fully saturated rings. The number of thioether (sulfide) groups is 1. The van der Waals surface area contributed by atoms with Gasteiger partial charge in [-0.15, -0.1) is 5.10 Å². The number of hydrogen-bond donors (Lipinski definition) is 1. The van der Waals surface area contributed by atoms with Gasteiger partial charge in [-0.1, -0.05) is 84.6 Å². The van der Waals surface area contributed by atoms with Crippen LogP contribution in [0.2, 0.25) is 0 Å². The molecule has 362 valence electrons. The number of carbonyl (C=O) groups is 3. The Morgan fingerprint density at radius 1 is 0.710 bits per heavy atom. The Hall–Kier alpha value is -6.38. The summed E-state index contributed by atoms with van der Waals surface area (Å²) in [6.07, 6.45) is -0.412. The molecule has 2 aliphatic carbocycles. The van der Waals surface area contributed by atoms with Gasteiger partial charge in [0.25, 0.3) is 0 Å². The van der Waals surface area contributed by atoms with E-state index in [0.717, 1.165) is 18.2 Å². The highest BCUT2D eigenvalue weighted by Gasteiger charge is 2.49. The van der Waals surface area contributed by atoms with E-state index < -0.39 is 53.9 Å². The molecule has 8 rings (SSSR count). The molecule has 16 nitrogen and oxygen atoms in total. The molecule has 0 spiro atoms. The van der Waals surface area contributed by atoms with Gasteiger partial charge in [-0.05, 0) is 48.7 Å². The van der Waals surface area contributed by atoms with Crippen molar-refractivity contribution < 1.29 is 56.3 Å². The minimum Gasteiger partial charge on any atom is -0.426 e. The Balaban J connectivity index is 1.12. The van der Waals surface area contributed by atoms with Crippen molar-refractivity contribution in [2.75, 3.05) is 24.3 Å².